The van der Waals surface area contributed by atoms with E-state index in [1.807, 2.05) is 36.4 Å². The standard InChI is InChI=1S/C19H25N3O/c1-22(2)14-13-19(15-21-18(20)23,16-9-5-3-6-10-16)17-11-7-4-8-12-17/h3-12H,13-15H2,1-2H3,(H3,20,21,23). The van der Waals surface area contributed by atoms with E-state index in [9.17, 15) is 4.79 Å². The quantitative estimate of drug-likeness (QED) is 0.826. The number of primary amides is 1. The maximum Gasteiger partial charge on any atom is 0.312 e. The van der Waals surface area contributed by atoms with Crippen molar-refractivity contribution in [1.29, 1.82) is 0 Å². The van der Waals surface area contributed by atoms with E-state index in [4.69, 9.17) is 5.73 Å². The second-order valence-electron chi connectivity index (χ2n) is 6.09. The van der Waals surface area contributed by atoms with Crippen molar-refractivity contribution in [3.05, 3.63) is 71.8 Å². The number of carbonyl (C=O) groups excluding carboxylic acids is 1. The fraction of sp³-hybridized carbons (Fsp3) is 0.316. The molecule has 0 atom stereocenters. The predicted octanol–water partition coefficient (Wildman–Crippen LogP) is 2.59. The Hall–Kier alpha value is -2.33. The fourth-order valence-corrected chi connectivity index (χ4v) is 2.91. The van der Waals surface area contributed by atoms with Crippen LogP contribution in [0.3, 0.4) is 0 Å². The maximum absolute atomic E-state index is 11.3. The molecule has 2 aromatic rings. The Morgan fingerprint density at radius 2 is 1.48 bits per heavy atom. The molecule has 2 rings (SSSR count). The van der Waals surface area contributed by atoms with Crippen LogP contribution < -0.4 is 11.1 Å². The molecule has 0 spiro atoms. The number of benzene rings is 2. The monoisotopic (exact) mass is 311 g/mol. The molecule has 2 amide bonds. The van der Waals surface area contributed by atoms with Crippen LogP contribution in [0.5, 0.6) is 0 Å². The molecule has 4 heteroatoms. The Balaban J connectivity index is 2.50. The molecule has 0 aliphatic heterocycles. The summed E-state index contributed by atoms with van der Waals surface area (Å²) in [5, 5.41) is 2.83. The number of urea groups is 1. The molecule has 122 valence electrons. The van der Waals surface area contributed by atoms with Gasteiger partial charge in [-0.3, -0.25) is 0 Å². The van der Waals surface area contributed by atoms with Crippen molar-refractivity contribution >= 4 is 6.03 Å². The van der Waals surface area contributed by atoms with Crippen LogP contribution in [-0.4, -0.2) is 38.1 Å². The topological polar surface area (TPSA) is 58.4 Å². The molecule has 0 aliphatic carbocycles. The van der Waals surface area contributed by atoms with Gasteiger partial charge in [0.25, 0.3) is 0 Å². The molecule has 0 heterocycles. The number of carbonyl (C=O) groups is 1. The number of amides is 2. The summed E-state index contributed by atoms with van der Waals surface area (Å²) in [6.45, 7) is 1.38. The van der Waals surface area contributed by atoms with Gasteiger partial charge in [0.1, 0.15) is 0 Å². The summed E-state index contributed by atoms with van der Waals surface area (Å²) in [6, 6.07) is 20.1. The molecular weight excluding hydrogens is 286 g/mol. The van der Waals surface area contributed by atoms with Gasteiger partial charge in [-0.15, -0.1) is 0 Å². The number of nitrogens with zero attached hydrogens (tertiary/aromatic N) is 1. The molecule has 0 radical (unpaired) electrons. The van der Waals surface area contributed by atoms with E-state index in [0.29, 0.717) is 6.54 Å². The van der Waals surface area contributed by atoms with E-state index in [1.54, 1.807) is 0 Å². The van der Waals surface area contributed by atoms with E-state index in [0.717, 1.165) is 13.0 Å². The van der Waals surface area contributed by atoms with Gasteiger partial charge in [-0.1, -0.05) is 60.7 Å². The van der Waals surface area contributed by atoms with E-state index < -0.39 is 6.03 Å². The Labute approximate surface area is 138 Å². The third-order valence-corrected chi connectivity index (χ3v) is 4.20. The van der Waals surface area contributed by atoms with Crippen LogP contribution in [0.4, 0.5) is 4.79 Å². The Bertz CT molecular complexity index is 572. The average molecular weight is 311 g/mol. The van der Waals surface area contributed by atoms with Gasteiger partial charge in [0.15, 0.2) is 0 Å². The van der Waals surface area contributed by atoms with Crippen LogP contribution in [0.2, 0.25) is 0 Å². The predicted molar refractivity (Wildman–Crippen MR) is 94.4 cm³/mol. The van der Waals surface area contributed by atoms with Crippen molar-refractivity contribution in [3.8, 4) is 0 Å². The molecule has 0 aromatic heterocycles. The van der Waals surface area contributed by atoms with Crippen LogP contribution >= 0.6 is 0 Å². The Morgan fingerprint density at radius 3 is 1.87 bits per heavy atom. The molecule has 0 fully saturated rings. The van der Waals surface area contributed by atoms with Crippen molar-refractivity contribution in [3.63, 3.8) is 0 Å². The van der Waals surface area contributed by atoms with Crippen LogP contribution in [-0.2, 0) is 5.41 Å². The number of hydrogen-bond acceptors (Lipinski definition) is 2. The molecule has 0 saturated heterocycles. The minimum absolute atomic E-state index is 0.304. The zero-order chi connectivity index (χ0) is 16.7. The number of nitrogens with two attached hydrogens (primary N) is 1. The number of nitrogens with one attached hydrogen (secondary N) is 1. The van der Waals surface area contributed by atoms with Crippen LogP contribution in [0.15, 0.2) is 60.7 Å². The van der Waals surface area contributed by atoms with Gasteiger partial charge in [-0.05, 0) is 38.2 Å². The molecule has 0 aliphatic rings. The van der Waals surface area contributed by atoms with E-state index in [-0.39, 0.29) is 5.41 Å². The molecule has 2 aromatic carbocycles. The van der Waals surface area contributed by atoms with Crippen LogP contribution in [0, 0.1) is 0 Å². The maximum atomic E-state index is 11.3. The highest BCUT2D eigenvalue weighted by Gasteiger charge is 2.34. The lowest BCUT2D eigenvalue weighted by Crippen LogP contribution is -2.45. The third kappa shape index (κ3) is 4.33. The van der Waals surface area contributed by atoms with Gasteiger partial charge in [0.2, 0.25) is 0 Å². The molecule has 3 N–H and O–H groups in total. The highest BCUT2D eigenvalue weighted by Crippen LogP contribution is 2.35. The lowest BCUT2D eigenvalue weighted by atomic mass is 9.71. The molecular formula is C19H25N3O. The highest BCUT2D eigenvalue weighted by atomic mass is 16.2. The van der Waals surface area contributed by atoms with Crippen molar-refractivity contribution in [2.75, 3.05) is 27.2 Å². The lowest BCUT2D eigenvalue weighted by molar-refractivity contribution is 0.245. The van der Waals surface area contributed by atoms with Gasteiger partial charge in [-0.2, -0.15) is 0 Å². The Morgan fingerprint density at radius 1 is 1.00 bits per heavy atom. The average Bonchev–Trinajstić information content (AvgIpc) is 2.56. The lowest BCUT2D eigenvalue weighted by Gasteiger charge is -2.36. The molecule has 4 nitrogen and oxygen atoms in total. The van der Waals surface area contributed by atoms with Gasteiger partial charge < -0.3 is 16.0 Å². The number of rotatable bonds is 7. The zero-order valence-electron chi connectivity index (χ0n) is 13.8. The van der Waals surface area contributed by atoms with Gasteiger partial charge in [0, 0.05) is 12.0 Å². The molecule has 0 bridgehead atoms. The minimum Gasteiger partial charge on any atom is -0.352 e. The third-order valence-electron chi connectivity index (χ3n) is 4.20. The first-order chi connectivity index (χ1) is 11.0. The Kier molecular flexibility index (Phi) is 5.77. The minimum atomic E-state index is -0.494. The van der Waals surface area contributed by atoms with Crippen molar-refractivity contribution in [2.45, 2.75) is 11.8 Å². The summed E-state index contributed by atoms with van der Waals surface area (Å²) in [5.74, 6) is 0. The molecule has 0 unspecified atom stereocenters. The van der Waals surface area contributed by atoms with Crippen molar-refractivity contribution in [1.82, 2.24) is 10.2 Å². The van der Waals surface area contributed by atoms with Crippen LogP contribution in [0.1, 0.15) is 17.5 Å². The molecule has 0 saturated carbocycles. The number of hydrogen-bond donors (Lipinski definition) is 2. The van der Waals surface area contributed by atoms with Crippen LogP contribution in [0.25, 0.3) is 0 Å². The fourth-order valence-electron chi connectivity index (χ4n) is 2.91. The normalized spacial score (nSPS) is 11.4. The summed E-state index contributed by atoms with van der Waals surface area (Å²) in [6.07, 6.45) is 0.883. The first-order valence-electron chi connectivity index (χ1n) is 7.84. The van der Waals surface area contributed by atoms with Crippen molar-refractivity contribution in [2.24, 2.45) is 5.73 Å². The van der Waals surface area contributed by atoms with Gasteiger partial charge in [-0.25, -0.2) is 4.79 Å². The summed E-state index contributed by atoms with van der Waals surface area (Å²) in [5.41, 5.74) is 7.41. The summed E-state index contributed by atoms with van der Waals surface area (Å²) in [7, 11) is 4.12. The molecule has 23 heavy (non-hydrogen) atoms. The van der Waals surface area contributed by atoms with E-state index in [2.05, 4.69) is 48.6 Å². The first-order valence-corrected chi connectivity index (χ1v) is 7.84. The SMILES string of the molecule is CN(C)CCC(CNC(N)=O)(c1ccccc1)c1ccccc1. The van der Waals surface area contributed by atoms with E-state index >= 15 is 0 Å². The second-order valence-corrected chi connectivity index (χ2v) is 6.09. The second kappa shape index (κ2) is 7.79. The van der Waals surface area contributed by atoms with Gasteiger partial charge >= 0.3 is 6.03 Å². The smallest absolute Gasteiger partial charge is 0.312 e. The highest BCUT2D eigenvalue weighted by molar-refractivity contribution is 5.72. The summed E-state index contributed by atoms with van der Waals surface area (Å²) < 4.78 is 0. The summed E-state index contributed by atoms with van der Waals surface area (Å²) >= 11 is 0. The van der Waals surface area contributed by atoms with Gasteiger partial charge in [0.05, 0.1) is 0 Å². The zero-order valence-corrected chi connectivity index (χ0v) is 13.8. The first kappa shape index (κ1) is 17.0. The van der Waals surface area contributed by atoms with E-state index in [1.165, 1.54) is 11.1 Å². The largest absolute Gasteiger partial charge is 0.352 e. The summed E-state index contributed by atoms with van der Waals surface area (Å²) in [4.78, 5) is 13.5. The van der Waals surface area contributed by atoms with Crippen molar-refractivity contribution < 1.29 is 4.79 Å².